The maximum atomic E-state index is 13.0. The number of carbonyl (C=O) groups excluding carboxylic acids is 1. The first kappa shape index (κ1) is 23.1. The highest BCUT2D eigenvalue weighted by atomic mass is 16.5. The van der Waals surface area contributed by atoms with Crippen LogP contribution in [0.15, 0.2) is 36.4 Å². The van der Waals surface area contributed by atoms with Crippen LogP contribution in [0.2, 0.25) is 0 Å². The molecule has 4 heteroatoms. The Morgan fingerprint density at radius 1 is 1.19 bits per heavy atom. The monoisotopic (exact) mass is 421 g/mol. The van der Waals surface area contributed by atoms with Gasteiger partial charge in [0, 0.05) is 19.1 Å². The fraction of sp³-hybridized carbons (Fsp3) is 0.444. The summed E-state index contributed by atoms with van der Waals surface area (Å²) in [5.41, 5.74) is 4.06. The van der Waals surface area contributed by atoms with Crippen LogP contribution < -0.4 is 9.47 Å². The van der Waals surface area contributed by atoms with Gasteiger partial charge in [-0.25, -0.2) is 0 Å². The van der Waals surface area contributed by atoms with Crippen molar-refractivity contribution in [3.8, 4) is 11.5 Å². The smallest absolute Gasteiger partial charge is 0.166 e. The molecule has 1 fully saturated rings. The summed E-state index contributed by atoms with van der Waals surface area (Å²) in [4.78, 5) is 13.0. The average molecular weight is 422 g/mol. The third kappa shape index (κ3) is 5.56. The van der Waals surface area contributed by atoms with Crippen LogP contribution in [0.5, 0.6) is 11.5 Å². The number of benzene rings is 2. The number of carbonyl (C=O) groups is 1. The van der Waals surface area contributed by atoms with Crippen molar-refractivity contribution in [2.24, 2.45) is 5.92 Å². The highest BCUT2D eigenvalue weighted by Gasteiger charge is 2.38. The summed E-state index contributed by atoms with van der Waals surface area (Å²) in [5.74, 6) is 2.76. The summed E-state index contributed by atoms with van der Waals surface area (Å²) < 4.78 is 16.8. The molecule has 1 aliphatic rings. The SMILES string of the molecule is [CH]=Cc1ccc(C(OC)C(=O)CCC2CC2c2ccc(C)c(OC)c2)cc1OCCC. The number of aryl methyl sites for hydroxylation is 1. The van der Waals surface area contributed by atoms with E-state index in [-0.39, 0.29) is 5.78 Å². The van der Waals surface area contributed by atoms with Gasteiger partial charge in [-0.2, -0.15) is 0 Å². The molecule has 31 heavy (non-hydrogen) atoms. The van der Waals surface area contributed by atoms with E-state index in [4.69, 9.17) is 20.8 Å². The summed E-state index contributed by atoms with van der Waals surface area (Å²) in [5, 5.41) is 0. The van der Waals surface area contributed by atoms with Crippen molar-refractivity contribution in [1.82, 2.24) is 0 Å². The number of Topliss-reactive ketones (excluding diaryl/α,β-unsaturated/α-hetero) is 1. The van der Waals surface area contributed by atoms with E-state index >= 15 is 0 Å². The van der Waals surface area contributed by atoms with Gasteiger partial charge in [0.2, 0.25) is 0 Å². The molecule has 0 aliphatic heterocycles. The molecule has 0 N–H and O–H groups in total. The molecule has 0 bridgehead atoms. The topological polar surface area (TPSA) is 44.8 Å². The molecule has 0 spiro atoms. The zero-order valence-corrected chi connectivity index (χ0v) is 19.0. The van der Waals surface area contributed by atoms with E-state index in [2.05, 4.69) is 25.1 Å². The summed E-state index contributed by atoms with van der Waals surface area (Å²) in [6, 6.07) is 12.1. The number of rotatable bonds is 12. The summed E-state index contributed by atoms with van der Waals surface area (Å²) in [6.45, 7) is 10.4. The lowest BCUT2D eigenvalue weighted by Gasteiger charge is -2.17. The van der Waals surface area contributed by atoms with E-state index in [1.165, 1.54) is 11.6 Å². The molecule has 1 saturated carbocycles. The Morgan fingerprint density at radius 3 is 2.68 bits per heavy atom. The van der Waals surface area contributed by atoms with Gasteiger partial charge < -0.3 is 14.2 Å². The average Bonchev–Trinajstić information content (AvgIpc) is 3.57. The first-order chi connectivity index (χ1) is 15.0. The largest absolute Gasteiger partial charge is 0.496 e. The van der Waals surface area contributed by atoms with Crippen LogP contribution in [0.25, 0.3) is 6.08 Å². The second kappa shape index (κ2) is 10.6. The van der Waals surface area contributed by atoms with Gasteiger partial charge in [0.1, 0.15) is 17.6 Å². The molecule has 0 amide bonds. The van der Waals surface area contributed by atoms with Crippen LogP contribution in [0.3, 0.4) is 0 Å². The van der Waals surface area contributed by atoms with E-state index < -0.39 is 6.10 Å². The van der Waals surface area contributed by atoms with Crippen molar-refractivity contribution in [2.45, 2.75) is 51.6 Å². The van der Waals surface area contributed by atoms with Gasteiger partial charge in [-0.1, -0.05) is 43.8 Å². The fourth-order valence-corrected chi connectivity index (χ4v) is 4.14. The third-order valence-corrected chi connectivity index (χ3v) is 6.05. The molecule has 0 saturated heterocycles. The zero-order valence-electron chi connectivity index (χ0n) is 19.0. The lowest BCUT2D eigenvalue weighted by atomic mass is 9.98. The van der Waals surface area contributed by atoms with Crippen molar-refractivity contribution in [2.75, 3.05) is 20.8 Å². The van der Waals surface area contributed by atoms with Crippen molar-refractivity contribution in [1.29, 1.82) is 0 Å². The molecule has 0 heterocycles. The summed E-state index contributed by atoms with van der Waals surface area (Å²) >= 11 is 0. The van der Waals surface area contributed by atoms with Gasteiger partial charge in [0.05, 0.1) is 13.7 Å². The van der Waals surface area contributed by atoms with Gasteiger partial charge >= 0.3 is 0 Å². The highest BCUT2D eigenvalue weighted by molar-refractivity contribution is 5.84. The van der Waals surface area contributed by atoms with Gasteiger partial charge in [0.25, 0.3) is 0 Å². The Bertz CT molecular complexity index is 917. The van der Waals surface area contributed by atoms with Crippen LogP contribution in [-0.2, 0) is 9.53 Å². The minimum atomic E-state index is -0.590. The molecule has 4 nitrogen and oxygen atoms in total. The number of ketones is 1. The van der Waals surface area contributed by atoms with Gasteiger partial charge in [-0.15, -0.1) is 0 Å². The first-order valence-electron chi connectivity index (χ1n) is 11.0. The molecule has 1 aliphatic carbocycles. The maximum absolute atomic E-state index is 13.0. The zero-order chi connectivity index (χ0) is 22.4. The van der Waals surface area contributed by atoms with Gasteiger partial charge in [-0.3, -0.25) is 4.79 Å². The van der Waals surface area contributed by atoms with Crippen molar-refractivity contribution < 1.29 is 19.0 Å². The van der Waals surface area contributed by atoms with Crippen molar-refractivity contribution in [3.05, 3.63) is 65.2 Å². The van der Waals surface area contributed by atoms with Crippen LogP contribution in [-0.4, -0.2) is 26.6 Å². The van der Waals surface area contributed by atoms with E-state index in [0.29, 0.717) is 30.6 Å². The summed E-state index contributed by atoms with van der Waals surface area (Å²) in [6.07, 6.45) is 4.31. The van der Waals surface area contributed by atoms with Gasteiger partial charge in [-0.05, 0) is 66.8 Å². The first-order valence-corrected chi connectivity index (χ1v) is 11.0. The third-order valence-electron chi connectivity index (χ3n) is 6.05. The second-order valence-electron chi connectivity index (χ2n) is 8.26. The van der Waals surface area contributed by atoms with Crippen LogP contribution >= 0.6 is 0 Å². The fourth-order valence-electron chi connectivity index (χ4n) is 4.14. The molecule has 1 radical (unpaired) electrons. The van der Waals surface area contributed by atoms with Crippen molar-refractivity contribution >= 4 is 11.9 Å². The molecule has 3 atom stereocenters. The quantitative estimate of drug-likeness (QED) is 0.417. The van der Waals surface area contributed by atoms with Gasteiger partial charge in [0.15, 0.2) is 5.78 Å². The molecule has 3 unspecified atom stereocenters. The minimum Gasteiger partial charge on any atom is -0.496 e. The molecule has 2 aromatic carbocycles. The van der Waals surface area contributed by atoms with Crippen molar-refractivity contribution in [3.63, 3.8) is 0 Å². The van der Waals surface area contributed by atoms with Crippen LogP contribution in [0.1, 0.15) is 66.9 Å². The molecular formula is C27H33O4. The molecule has 0 aromatic heterocycles. The Hall–Kier alpha value is -2.59. The molecule has 165 valence electrons. The standard InChI is InChI=1S/C27H33O4/c1-6-14-31-26-17-22(11-10-19(26)7-2)27(30-5)24(28)13-12-20-15-23(20)21-9-8-18(3)25(16-21)29-4/h2,7-11,16-17,20,23,27H,6,12-15H2,1,3-5H3. The lowest BCUT2D eigenvalue weighted by molar-refractivity contribution is -0.129. The predicted octanol–water partition coefficient (Wildman–Crippen LogP) is 6.08. The maximum Gasteiger partial charge on any atom is 0.166 e. The van der Waals surface area contributed by atoms with E-state index in [1.54, 1.807) is 14.2 Å². The van der Waals surface area contributed by atoms with Crippen LogP contribution in [0.4, 0.5) is 0 Å². The molecule has 3 rings (SSSR count). The predicted molar refractivity (Wildman–Crippen MR) is 124 cm³/mol. The minimum absolute atomic E-state index is 0.0977. The lowest BCUT2D eigenvalue weighted by Crippen LogP contribution is -2.15. The Balaban J connectivity index is 1.61. The Kier molecular flexibility index (Phi) is 7.91. The van der Waals surface area contributed by atoms with E-state index in [0.717, 1.165) is 41.7 Å². The van der Waals surface area contributed by atoms with E-state index in [9.17, 15) is 4.79 Å². The number of hydrogen-bond donors (Lipinski definition) is 0. The number of hydrogen-bond acceptors (Lipinski definition) is 4. The summed E-state index contributed by atoms with van der Waals surface area (Å²) in [7, 11) is 3.29. The second-order valence-corrected chi connectivity index (χ2v) is 8.26. The molecule has 2 aromatic rings. The Morgan fingerprint density at radius 2 is 2.00 bits per heavy atom. The van der Waals surface area contributed by atoms with Crippen LogP contribution in [0, 0.1) is 19.4 Å². The van der Waals surface area contributed by atoms with E-state index in [1.807, 2.05) is 25.1 Å². The molecular weight excluding hydrogens is 388 g/mol. The normalized spacial score (nSPS) is 18.3. The number of ether oxygens (including phenoxy) is 3. The number of methoxy groups -OCH3 is 2. The Labute approximate surface area is 186 Å². The highest BCUT2D eigenvalue weighted by Crippen LogP contribution is 2.51.